The molecule has 1 aromatic heterocycles. The molecule has 1 aromatic carbocycles. The number of nitrogens with zero attached hydrogens (tertiary/aromatic N) is 3. The minimum absolute atomic E-state index is 0.0682. The summed E-state index contributed by atoms with van der Waals surface area (Å²) in [6, 6.07) is 3.92. The first-order chi connectivity index (χ1) is 15.7. The largest absolute Gasteiger partial charge is 0.417 e. The van der Waals surface area contributed by atoms with Gasteiger partial charge in [0.25, 0.3) is 0 Å². The maximum absolute atomic E-state index is 13.5. The third-order valence-corrected chi connectivity index (χ3v) is 6.70. The molecule has 1 unspecified atom stereocenters. The van der Waals surface area contributed by atoms with Crippen molar-refractivity contribution in [3.63, 3.8) is 0 Å². The van der Waals surface area contributed by atoms with Crippen LogP contribution in [-0.4, -0.2) is 30.0 Å². The Bertz CT molecular complexity index is 1120. The number of aryl methyl sites for hydroxylation is 1. The van der Waals surface area contributed by atoms with E-state index in [1.165, 1.54) is 6.07 Å². The lowest BCUT2D eigenvalue weighted by atomic mass is 10.0. The van der Waals surface area contributed by atoms with Gasteiger partial charge in [0.2, 0.25) is 5.91 Å². The normalized spacial score (nSPS) is 17.1. The van der Waals surface area contributed by atoms with Crippen LogP contribution in [0.5, 0.6) is 0 Å². The van der Waals surface area contributed by atoms with Crippen LogP contribution in [0.2, 0.25) is 0 Å². The van der Waals surface area contributed by atoms with Crippen molar-refractivity contribution in [2.75, 3.05) is 28.2 Å². The Morgan fingerprint density at radius 1 is 1.27 bits per heavy atom. The first kappa shape index (κ1) is 23.6. The molecule has 0 fully saturated rings. The van der Waals surface area contributed by atoms with Gasteiger partial charge in [-0.25, -0.2) is 4.98 Å². The minimum Gasteiger partial charge on any atom is -0.370 e. The second-order valence-electron chi connectivity index (χ2n) is 8.32. The summed E-state index contributed by atoms with van der Waals surface area (Å²) in [5, 5.41) is 3.04. The highest BCUT2D eigenvalue weighted by Gasteiger charge is 2.40. The Hall–Kier alpha value is -2.55. The summed E-state index contributed by atoms with van der Waals surface area (Å²) in [7, 11) is 0. The maximum Gasteiger partial charge on any atom is 0.417 e. The van der Waals surface area contributed by atoms with Crippen molar-refractivity contribution in [3.8, 4) is 0 Å². The number of unbranched alkanes of at least 4 members (excludes halogenated alkanes) is 1. The Balaban J connectivity index is 1.92. The molecule has 4 rings (SSSR count). The predicted molar refractivity (Wildman–Crippen MR) is 129 cm³/mol. The predicted octanol–water partition coefficient (Wildman–Crippen LogP) is 6.67. The molecule has 1 N–H and O–H groups in total. The molecule has 0 radical (unpaired) electrons. The molecule has 1 atom stereocenters. The number of pyridine rings is 1. The molecule has 0 spiro atoms. The Morgan fingerprint density at radius 2 is 2.03 bits per heavy atom. The van der Waals surface area contributed by atoms with Gasteiger partial charge in [0.05, 0.1) is 16.9 Å². The van der Waals surface area contributed by atoms with Gasteiger partial charge in [-0.2, -0.15) is 13.2 Å². The number of fused-ring (bicyclic) bond motifs is 5. The molecular formula is C24H26BrF3N4O. The van der Waals surface area contributed by atoms with Crippen LogP contribution in [0, 0.1) is 6.92 Å². The van der Waals surface area contributed by atoms with Crippen molar-refractivity contribution in [2.45, 2.75) is 52.3 Å². The number of carbonyl (C=O) groups excluding carboxylic acids is 1. The van der Waals surface area contributed by atoms with Crippen LogP contribution in [0.25, 0.3) is 6.08 Å². The van der Waals surface area contributed by atoms with E-state index in [4.69, 9.17) is 4.98 Å². The van der Waals surface area contributed by atoms with Crippen molar-refractivity contribution in [2.24, 2.45) is 0 Å². The quantitative estimate of drug-likeness (QED) is 0.476. The number of nitrogens with one attached hydrogen (secondary N) is 1. The number of benzene rings is 1. The van der Waals surface area contributed by atoms with Gasteiger partial charge in [-0.15, -0.1) is 0 Å². The average molecular weight is 523 g/mol. The van der Waals surface area contributed by atoms with Gasteiger partial charge < -0.3 is 15.1 Å². The smallest absolute Gasteiger partial charge is 0.370 e. The number of hydrogen-bond acceptors (Lipinski definition) is 4. The van der Waals surface area contributed by atoms with Crippen LogP contribution < -0.4 is 15.1 Å². The zero-order valence-electron chi connectivity index (χ0n) is 18.8. The monoisotopic (exact) mass is 522 g/mol. The fourth-order valence-corrected chi connectivity index (χ4v) is 4.97. The van der Waals surface area contributed by atoms with E-state index in [9.17, 15) is 18.0 Å². The number of aromatic nitrogens is 1. The van der Waals surface area contributed by atoms with E-state index in [0.717, 1.165) is 43.4 Å². The van der Waals surface area contributed by atoms with E-state index >= 15 is 0 Å². The zero-order valence-corrected chi connectivity index (χ0v) is 20.3. The fourth-order valence-electron chi connectivity index (χ4n) is 4.41. The number of carbonyl (C=O) groups is 1. The SMILES string of the molecule is CCCCN(CC)c1cc(C)nc2c1NC(=O)C1CC=Cc3cc(C(F)(F)F)c(Br)cc3N21. The number of hydrogen-bond donors (Lipinski definition) is 1. The topological polar surface area (TPSA) is 48.5 Å². The van der Waals surface area contributed by atoms with E-state index in [0.29, 0.717) is 29.2 Å². The maximum atomic E-state index is 13.5. The van der Waals surface area contributed by atoms with Gasteiger partial charge in [-0.05, 0) is 50.5 Å². The van der Waals surface area contributed by atoms with E-state index in [1.807, 2.05) is 13.0 Å². The standard InChI is InChI=1S/C24H26BrF3N4O/c1-4-6-10-31(5-2)20-11-14(3)29-22-21(20)30-23(33)18-9-7-8-15-12-16(24(26,27)28)17(25)13-19(15)32(18)22/h7-8,11-13,18H,4-6,9-10H2,1-3H3,(H,30,33). The summed E-state index contributed by atoms with van der Waals surface area (Å²) in [5.74, 6) is 0.357. The molecule has 5 nitrogen and oxygen atoms in total. The molecular weight excluding hydrogens is 497 g/mol. The molecule has 0 aliphatic carbocycles. The minimum atomic E-state index is -4.49. The molecule has 9 heteroatoms. The first-order valence-corrected chi connectivity index (χ1v) is 11.9. The van der Waals surface area contributed by atoms with Gasteiger partial charge in [-0.3, -0.25) is 4.79 Å². The van der Waals surface area contributed by atoms with Crippen LogP contribution in [-0.2, 0) is 11.0 Å². The summed E-state index contributed by atoms with van der Waals surface area (Å²) in [6.07, 6.45) is 1.31. The number of amides is 1. The molecule has 1 amide bonds. The average Bonchev–Trinajstić information content (AvgIpc) is 2.93. The highest BCUT2D eigenvalue weighted by molar-refractivity contribution is 9.10. The molecule has 0 saturated carbocycles. The Labute approximate surface area is 199 Å². The van der Waals surface area contributed by atoms with Crippen molar-refractivity contribution in [1.82, 2.24) is 4.98 Å². The summed E-state index contributed by atoms with van der Waals surface area (Å²) < 4.78 is 40.6. The van der Waals surface area contributed by atoms with Crippen molar-refractivity contribution < 1.29 is 18.0 Å². The highest BCUT2D eigenvalue weighted by atomic mass is 79.9. The van der Waals surface area contributed by atoms with Crippen LogP contribution in [0.1, 0.15) is 49.9 Å². The lowest BCUT2D eigenvalue weighted by molar-refractivity contribution is -0.138. The summed E-state index contributed by atoms with van der Waals surface area (Å²) in [6.45, 7) is 7.67. The van der Waals surface area contributed by atoms with Gasteiger partial charge >= 0.3 is 6.18 Å². The fraction of sp³-hybridized carbons (Fsp3) is 0.417. The summed E-state index contributed by atoms with van der Waals surface area (Å²) >= 11 is 3.10. The van der Waals surface area contributed by atoms with E-state index in [1.54, 1.807) is 17.1 Å². The second kappa shape index (κ2) is 9.00. The second-order valence-corrected chi connectivity index (χ2v) is 9.17. The third-order valence-electron chi connectivity index (χ3n) is 6.04. The number of rotatable bonds is 5. The van der Waals surface area contributed by atoms with Crippen LogP contribution >= 0.6 is 15.9 Å². The molecule has 2 aliphatic rings. The molecule has 3 heterocycles. The molecule has 2 aromatic rings. The number of halogens is 4. The van der Waals surface area contributed by atoms with E-state index in [-0.39, 0.29) is 10.4 Å². The number of alkyl halides is 3. The lowest BCUT2D eigenvalue weighted by Gasteiger charge is -2.39. The van der Waals surface area contributed by atoms with Gasteiger partial charge in [-0.1, -0.05) is 41.4 Å². The van der Waals surface area contributed by atoms with Gasteiger partial charge in [0.15, 0.2) is 5.82 Å². The van der Waals surface area contributed by atoms with Crippen molar-refractivity contribution >= 4 is 50.8 Å². The highest BCUT2D eigenvalue weighted by Crippen LogP contribution is 2.47. The third kappa shape index (κ3) is 4.35. The van der Waals surface area contributed by atoms with Crippen molar-refractivity contribution in [3.05, 3.63) is 45.6 Å². The van der Waals surface area contributed by atoms with Gasteiger partial charge in [0, 0.05) is 23.3 Å². The van der Waals surface area contributed by atoms with E-state index < -0.39 is 17.8 Å². The van der Waals surface area contributed by atoms with Crippen LogP contribution in [0.15, 0.2) is 28.7 Å². The molecule has 33 heavy (non-hydrogen) atoms. The summed E-state index contributed by atoms with van der Waals surface area (Å²) in [4.78, 5) is 21.9. The first-order valence-electron chi connectivity index (χ1n) is 11.1. The molecule has 2 aliphatic heterocycles. The Kier molecular flexibility index (Phi) is 6.44. The Morgan fingerprint density at radius 3 is 2.70 bits per heavy atom. The van der Waals surface area contributed by atoms with Crippen LogP contribution in [0.3, 0.4) is 0 Å². The van der Waals surface area contributed by atoms with Gasteiger partial charge in [0.1, 0.15) is 11.7 Å². The summed E-state index contributed by atoms with van der Waals surface area (Å²) in [5.41, 5.74) is 2.43. The van der Waals surface area contributed by atoms with Crippen molar-refractivity contribution in [1.29, 1.82) is 0 Å². The van der Waals surface area contributed by atoms with Crippen LogP contribution in [0.4, 0.5) is 36.1 Å². The van der Waals surface area contributed by atoms with E-state index in [2.05, 4.69) is 40.0 Å². The molecule has 0 bridgehead atoms. The lowest BCUT2D eigenvalue weighted by Crippen LogP contribution is -2.46. The zero-order chi connectivity index (χ0) is 23.9. The number of anilines is 4. The molecule has 0 saturated heterocycles. The molecule has 176 valence electrons.